The predicted molar refractivity (Wildman–Crippen MR) is 60.0 cm³/mol. The zero-order chi connectivity index (χ0) is 11.3. The van der Waals surface area contributed by atoms with Gasteiger partial charge in [0.2, 0.25) is 0 Å². The Bertz CT molecular complexity index is 331. The first-order chi connectivity index (χ1) is 7.28. The maximum Gasteiger partial charge on any atom is 0.174 e. The van der Waals surface area contributed by atoms with Gasteiger partial charge in [-0.15, -0.1) is 11.8 Å². The van der Waals surface area contributed by atoms with Crippen LogP contribution in [-0.2, 0) is 6.54 Å². The smallest absolute Gasteiger partial charge is 0.174 e. The van der Waals surface area contributed by atoms with Gasteiger partial charge in [-0.2, -0.15) is 0 Å². The van der Waals surface area contributed by atoms with Gasteiger partial charge in [0.1, 0.15) is 0 Å². The number of methoxy groups -OCH3 is 2. The highest BCUT2D eigenvalue weighted by Crippen LogP contribution is 2.39. The zero-order valence-electron chi connectivity index (χ0n) is 9.03. The maximum atomic E-state index is 8.68. The number of hydroxylamine groups is 1. The molecular weight excluding hydrogens is 214 g/mol. The van der Waals surface area contributed by atoms with Crippen LogP contribution in [0.3, 0.4) is 0 Å². The van der Waals surface area contributed by atoms with E-state index in [1.54, 1.807) is 26.0 Å². The Kier molecular flexibility index (Phi) is 4.74. The lowest BCUT2D eigenvalue weighted by Crippen LogP contribution is -2.08. The summed E-state index contributed by atoms with van der Waals surface area (Å²) in [7, 11) is 3.19. The normalized spacial score (nSPS) is 10.1. The van der Waals surface area contributed by atoms with Gasteiger partial charge >= 0.3 is 0 Å². The molecule has 1 rings (SSSR count). The van der Waals surface area contributed by atoms with Crippen LogP contribution in [0.4, 0.5) is 0 Å². The van der Waals surface area contributed by atoms with Crippen LogP contribution in [0.2, 0.25) is 0 Å². The van der Waals surface area contributed by atoms with Crippen LogP contribution < -0.4 is 15.0 Å². The highest BCUT2D eigenvalue weighted by atomic mass is 32.2. The van der Waals surface area contributed by atoms with Crippen LogP contribution in [0.25, 0.3) is 0 Å². The second kappa shape index (κ2) is 5.85. The summed E-state index contributed by atoms with van der Waals surface area (Å²) in [6.07, 6.45) is 1.97. The monoisotopic (exact) mass is 229 g/mol. The fourth-order valence-electron chi connectivity index (χ4n) is 1.39. The van der Waals surface area contributed by atoms with Crippen LogP contribution >= 0.6 is 11.8 Å². The number of benzene rings is 1. The lowest BCUT2D eigenvalue weighted by Gasteiger charge is -2.14. The van der Waals surface area contributed by atoms with Gasteiger partial charge in [0.05, 0.1) is 19.1 Å². The van der Waals surface area contributed by atoms with E-state index < -0.39 is 0 Å². The molecule has 0 aliphatic carbocycles. The summed E-state index contributed by atoms with van der Waals surface area (Å²) in [4.78, 5) is 1.01. The van der Waals surface area contributed by atoms with E-state index in [4.69, 9.17) is 14.7 Å². The Labute approximate surface area is 93.5 Å². The van der Waals surface area contributed by atoms with Crippen molar-refractivity contribution in [3.05, 3.63) is 17.7 Å². The molecule has 0 amide bonds. The van der Waals surface area contributed by atoms with Gasteiger partial charge in [-0.05, 0) is 12.3 Å². The van der Waals surface area contributed by atoms with E-state index in [0.29, 0.717) is 18.0 Å². The number of ether oxygens (including phenoxy) is 2. The molecule has 0 saturated carbocycles. The van der Waals surface area contributed by atoms with Crippen LogP contribution in [0, 0.1) is 0 Å². The zero-order valence-corrected chi connectivity index (χ0v) is 9.85. The van der Waals surface area contributed by atoms with Crippen molar-refractivity contribution in [2.45, 2.75) is 11.4 Å². The van der Waals surface area contributed by atoms with E-state index in [1.807, 2.05) is 18.4 Å². The second-order valence-electron chi connectivity index (χ2n) is 2.83. The van der Waals surface area contributed by atoms with E-state index >= 15 is 0 Å². The Morgan fingerprint density at radius 3 is 2.40 bits per heavy atom. The van der Waals surface area contributed by atoms with Crippen molar-refractivity contribution >= 4 is 11.8 Å². The minimum Gasteiger partial charge on any atom is -0.492 e. The van der Waals surface area contributed by atoms with Crippen LogP contribution in [-0.4, -0.2) is 25.7 Å². The quantitative estimate of drug-likeness (QED) is 0.596. The summed E-state index contributed by atoms with van der Waals surface area (Å²) in [6, 6.07) is 3.84. The molecule has 1 aromatic carbocycles. The fourth-order valence-corrected chi connectivity index (χ4v) is 1.95. The van der Waals surface area contributed by atoms with Crippen molar-refractivity contribution in [3.8, 4) is 11.5 Å². The summed E-state index contributed by atoms with van der Waals surface area (Å²) in [5.74, 6) is 1.36. The lowest BCUT2D eigenvalue weighted by molar-refractivity contribution is 0.160. The molecule has 0 saturated heterocycles. The second-order valence-corrected chi connectivity index (χ2v) is 3.68. The molecule has 84 valence electrons. The highest BCUT2D eigenvalue weighted by molar-refractivity contribution is 7.98. The molecule has 0 radical (unpaired) electrons. The van der Waals surface area contributed by atoms with Gasteiger partial charge in [-0.1, -0.05) is 6.07 Å². The standard InChI is InChI=1S/C10H15NO3S/c1-13-9-7(6-11-12)4-5-8(15-3)10(9)14-2/h4-5,11-12H,6H2,1-3H3. The average molecular weight is 229 g/mol. The van der Waals surface area contributed by atoms with E-state index in [-0.39, 0.29) is 0 Å². The van der Waals surface area contributed by atoms with Crippen molar-refractivity contribution in [2.24, 2.45) is 0 Å². The maximum absolute atomic E-state index is 8.68. The largest absolute Gasteiger partial charge is 0.492 e. The Morgan fingerprint density at radius 1 is 1.27 bits per heavy atom. The number of hydrogen-bond acceptors (Lipinski definition) is 5. The Hall–Kier alpha value is -0.910. The summed E-state index contributed by atoms with van der Waals surface area (Å²) in [5, 5.41) is 8.68. The van der Waals surface area contributed by atoms with Crippen molar-refractivity contribution in [1.82, 2.24) is 5.48 Å². The minimum atomic E-state index is 0.328. The molecule has 1 aromatic rings. The summed E-state index contributed by atoms with van der Waals surface area (Å²) in [6.45, 7) is 0.328. The van der Waals surface area contributed by atoms with E-state index in [1.165, 1.54) is 0 Å². The molecule has 0 bridgehead atoms. The highest BCUT2D eigenvalue weighted by Gasteiger charge is 2.13. The number of hydrogen-bond donors (Lipinski definition) is 2. The van der Waals surface area contributed by atoms with Gasteiger partial charge in [0.15, 0.2) is 11.5 Å². The Morgan fingerprint density at radius 2 is 1.93 bits per heavy atom. The molecule has 0 atom stereocenters. The molecule has 0 unspecified atom stereocenters. The van der Waals surface area contributed by atoms with Gasteiger partial charge < -0.3 is 14.7 Å². The van der Waals surface area contributed by atoms with Crippen molar-refractivity contribution in [2.75, 3.05) is 20.5 Å². The van der Waals surface area contributed by atoms with Gasteiger partial charge in [0, 0.05) is 12.1 Å². The van der Waals surface area contributed by atoms with Gasteiger partial charge in [-0.25, -0.2) is 5.48 Å². The number of rotatable bonds is 5. The molecule has 0 aliphatic heterocycles. The Balaban J connectivity index is 3.21. The van der Waals surface area contributed by atoms with E-state index in [0.717, 1.165) is 10.5 Å². The van der Waals surface area contributed by atoms with E-state index in [9.17, 15) is 0 Å². The molecular formula is C10H15NO3S. The van der Waals surface area contributed by atoms with Crippen molar-refractivity contribution in [1.29, 1.82) is 0 Å². The molecule has 0 spiro atoms. The molecule has 4 nitrogen and oxygen atoms in total. The third kappa shape index (κ3) is 2.56. The number of thioether (sulfide) groups is 1. The van der Waals surface area contributed by atoms with Crippen molar-refractivity contribution in [3.63, 3.8) is 0 Å². The SMILES string of the molecule is COc1c(CNO)ccc(SC)c1OC. The van der Waals surface area contributed by atoms with E-state index in [2.05, 4.69) is 5.48 Å². The average Bonchev–Trinajstić information content (AvgIpc) is 2.28. The van der Waals surface area contributed by atoms with Crippen LogP contribution in [0.5, 0.6) is 11.5 Å². The third-order valence-corrected chi connectivity index (χ3v) is 2.82. The van der Waals surface area contributed by atoms with Crippen LogP contribution in [0.1, 0.15) is 5.56 Å². The third-order valence-electron chi connectivity index (χ3n) is 2.06. The first-order valence-corrected chi connectivity index (χ1v) is 5.65. The minimum absolute atomic E-state index is 0.328. The fraction of sp³-hybridized carbons (Fsp3) is 0.400. The first kappa shape index (κ1) is 12.2. The first-order valence-electron chi connectivity index (χ1n) is 4.43. The number of nitrogens with one attached hydrogen (secondary N) is 1. The molecule has 0 fully saturated rings. The molecule has 0 heterocycles. The molecule has 5 heteroatoms. The van der Waals surface area contributed by atoms with Crippen molar-refractivity contribution < 1.29 is 14.7 Å². The van der Waals surface area contributed by atoms with Gasteiger partial charge in [0.25, 0.3) is 0 Å². The van der Waals surface area contributed by atoms with Crippen LogP contribution in [0.15, 0.2) is 17.0 Å². The summed E-state index contributed by atoms with van der Waals surface area (Å²) in [5.41, 5.74) is 2.96. The topological polar surface area (TPSA) is 50.7 Å². The predicted octanol–water partition coefficient (Wildman–Crippen LogP) is 1.90. The summed E-state index contributed by atoms with van der Waals surface area (Å²) >= 11 is 1.59. The summed E-state index contributed by atoms with van der Waals surface area (Å²) < 4.78 is 10.6. The van der Waals surface area contributed by atoms with Gasteiger partial charge in [-0.3, -0.25) is 0 Å². The lowest BCUT2D eigenvalue weighted by atomic mass is 10.2. The molecule has 0 aliphatic rings. The molecule has 0 aromatic heterocycles. The molecule has 2 N–H and O–H groups in total. The molecule has 15 heavy (non-hydrogen) atoms.